The number of nitrogens with one attached hydrogen (secondary N) is 1. The van der Waals surface area contributed by atoms with E-state index in [0.717, 1.165) is 0 Å². The van der Waals surface area contributed by atoms with Crippen molar-refractivity contribution in [2.24, 2.45) is 0 Å². The van der Waals surface area contributed by atoms with Crippen LogP contribution >= 0.6 is 0 Å². The van der Waals surface area contributed by atoms with E-state index in [-0.39, 0.29) is 18.1 Å². The Bertz CT molecular complexity index is 423. The number of benzene rings is 1. The molecule has 5 nitrogen and oxygen atoms in total. The van der Waals surface area contributed by atoms with Crippen LogP contribution in [0.2, 0.25) is 0 Å². The Labute approximate surface area is 112 Å². The number of aliphatic hydroxyl groups is 1. The molecule has 1 aromatic rings. The summed E-state index contributed by atoms with van der Waals surface area (Å²) in [6.45, 7) is 1.76. The predicted octanol–water partition coefficient (Wildman–Crippen LogP) is 0.927. The maximum atomic E-state index is 12.1. The third-order valence-corrected chi connectivity index (χ3v) is 3.32. The number of hydrogen-bond acceptors (Lipinski definition) is 4. The highest BCUT2D eigenvalue weighted by molar-refractivity contribution is 5.94. The first-order valence-corrected chi connectivity index (χ1v) is 6.34. The highest BCUT2D eigenvalue weighted by Crippen LogP contribution is 2.21. The van der Waals surface area contributed by atoms with Gasteiger partial charge in [0.1, 0.15) is 6.10 Å². The van der Waals surface area contributed by atoms with Gasteiger partial charge < -0.3 is 19.9 Å². The number of carbonyl (C=O) groups excluding carboxylic acids is 1. The normalized spacial score (nSPS) is 30.9. The van der Waals surface area contributed by atoms with Crippen molar-refractivity contribution < 1.29 is 19.4 Å². The zero-order valence-electron chi connectivity index (χ0n) is 11.1. The maximum Gasteiger partial charge on any atom is 0.251 e. The smallest absolute Gasteiger partial charge is 0.251 e. The molecule has 1 aromatic carbocycles. The molecule has 1 saturated heterocycles. The number of hydrogen-bond donors (Lipinski definition) is 2. The van der Waals surface area contributed by atoms with Gasteiger partial charge in [0.15, 0.2) is 6.29 Å². The molecular formula is C14H19NO4. The highest BCUT2D eigenvalue weighted by atomic mass is 16.7. The van der Waals surface area contributed by atoms with Crippen LogP contribution in [0.3, 0.4) is 0 Å². The summed E-state index contributed by atoms with van der Waals surface area (Å²) in [5.74, 6) is -0.200. The molecule has 4 atom stereocenters. The van der Waals surface area contributed by atoms with Gasteiger partial charge >= 0.3 is 0 Å². The van der Waals surface area contributed by atoms with Gasteiger partial charge in [-0.05, 0) is 19.1 Å². The van der Waals surface area contributed by atoms with E-state index >= 15 is 0 Å². The fraction of sp³-hybridized carbons (Fsp3) is 0.500. The second kappa shape index (κ2) is 6.14. The molecule has 0 bridgehead atoms. The summed E-state index contributed by atoms with van der Waals surface area (Å²) < 4.78 is 10.6. The minimum absolute atomic E-state index is 0.200. The molecule has 19 heavy (non-hydrogen) atoms. The third-order valence-electron chi connectivity index (χ3n) is 3.32. The van der Waals surface area contributed by atoms with Gasteiger partial charge in [-0.1, -0.05) is 18.2 Å². The SMILES string of the molecule is CO[C@H]1C[C@@H](NC(=O)c2ccccc2)[C@H](O)[C@@H](C)O1. The van der Waals surface area contributed by atoms with E-state index in [1.165, 1.54) is 0 Å². The van der Waals surface area contributed by atoms with Gasteiger partial charge in [-0.15, -0.1) is 0 Å². The second-order valence-electron chi connectivity index (χ2n) is 4.68. The lowest BCUT2D eigenvalue weighted by Crippen LogP contribution is -2.55. The Kier molecular flexibility index (Phi) is 4.52. The maximum absolute atomic E-state index is 12.1. The Morgan fingerprint density at radius 1 is 1.42 bits per heavy atom. The van der Waals surface area contributed by atoms with Crippen LogP contribution in [0.15, 0.2) is 30.3 Å². The van der Waals surface area contributed by atoms with Crippen molar-refractivity contribution in [3.8, 4) is 0 Å². The van der Waals surface area contributed by atoms with Gasteiger partial charge in [-0.2, -0.15) is 0 Å². The summed E-state index contributed by atoms with van der Waals surface area (Å²) in [6, 6.07) is 8.55. The summed E-state index contributed by atoms with van der Waals surface area (Å²) in [4.78, 5) is 12.1. The largest absolute Gasteiger partial charge is 0.388 e. The second-order valence-corrected chi connectivity index (χ2v) is 4.68. The average molecular weight is 265 g/mol. The number of ether oxygens (including phenoxy) is 2. The van der Waals surface area contributed by atoms with Crippen molar-refractivity contribution in [3.05, 3.63) is 35.9 Å². The Balaban J connectivity index is 2.02. The van der Waals surface area contributed by atoms with Crippen molar-refractivity contribution in [2.45, 2.75) is 37.9 Å². The number of carbonyl (C=O) groups is 1. The van der Waals surface area contributed by atoms with Crippen molar-refractivity contribution in [1.29, 1.82) is 0 Å². The van der Waals surface area contributed by atoms with Crippen LogP contribution in [-0.2, 0) is 9.47 Å². The van der Waals surface area contributed by atoms with Crippen LogP contribution < -0.4 is 5.32 Å². The van der Waals surface area contributed by atoms with Crippen molar-refractivity contribution in [3.63, 3.8) is 0 Å². The molecule has 1 aliphatic heterocycles. The molecule has 0 aliphatic carbocycles. The average Bonchev–Trinajstić information content (AvgIpc) is 2.44. The van der Waals surface area contributed by atoms with Crippen molar-refractivity contribution in [1.82, 2.24) is 5.32 Å². The molecule has 0 unspecified atom stereocenters. The van der Waals surface area contributed by atoms with Crippen LogP contribution in [0.1, 0.15) is 23.7 Å². The van der Waals surface area contributed by atoms with Crippen LogP contribution in [0.25, 0.3) is 0 Å². The van der Waals surface area contributed by atoms with E-state index < -0.39 is 12.4 Å². The zero-order chi connectivity index (χ0) is 13.8. The summed E-state index contributed by atoms with van der Waals surface area (Å²) in [7, 11) is 1.55. The van der Waals surface area contributed by atoms with Crippen molar-refractivity contribution >= 4 is 5.91 Å². The van der Waals surface area contributed by atoms with Crippen LogP contribution in [0.4, 0.5) is 0 Å². The number of methoxy groups -OCH3 is 1. The van der Waals surface area contributed by atoms with Gasteiger partial charge in [0.2, 0.25) is 0 Å². The van der Waals surface area contributed by atoms with Gasteiger partial charge in [-0.25, -0.2) is 0 Å². The van der Waals surface area contributed by atoms with Gasteiger partial charge in [0, 0.05) is 19.1 Å². The summed E-state index contributed by atoms with van der Waals surface area (Å²) >= 11 is 0. The van der Waals surface area contributed by atoms with Gasteiger partial charge in [0.25, 0.3) is 5.91 Å². The molecular weight excluding hydrogens is 246 g/mol. The molecule has 1 amide bonds. The standard InChI is InChI=1S/C14H19NO4/c1-9-13(16)11(8-12(18-2)19-9)15-14(17)10-6-4-3-5-7-10/h3-7,9,11-13,16H,8H2,1-2H3,(H,15,17)/t9-,11-,12-,13-/m1/s1. The van der Waals surface area contributed by atoms with Gasteiger partial charge in [0.05, 0.1) is 12.1 Å². The van der Waals surface area contributed by atoms with E-state index in [4.69, 9.17) is 9.47 Å². The van der Waals surface area contributed by atoms with Gasteiger partial charge in [-0.3, -0.25) is 4.79 Å². The molecule has 5 heteroatoms. The Morgan fingerprint density at radius 2 is 2.11 bits per heavy atom. The van der Waals surface area contributed by atoms with Crippen LogP contribution in [-0.4, -0.2) is 42.7 Å². The lowest BCUT2D eigenvalue weighted by Gasteiger charge is -2.37. The first-order valence-electron chi connectivity index (χ1n) is 6.34. The molecule has 2 N–H and O–H groups in total. The van der Waals surface area contributed by atoms with E-state index in [0.29, 0.717) is 12.0 Å². The molecule has 0 spiro atoms. The summed E-state index contributed by atoms with van der Waals surface area (Å²) in [5, 5.41) is 12.9. The molecule has 0 radical (unpaired) electrons. The molecule has 2 rings (SSSR count). The monoisotopic (exact) mass is 265 g/mol. The summed E-state index contributed by atoms with van der Waals surface area (Å²) in [6.07, 6.45) is -1.08. The number of amides is 1. The van der Waals surface area contributed by atoms with E-state index in [1.54, 1.807) is 38.3 Å². The fourth-order valence-corrected chi connectivity index (χ4v) is 2.19. The minimum atomic E-state index is -0.737. The molecule has 1 heterocycles. The minimum Gasteiger partial charge on any atom is -0.388 e. The third kappa shape index (κ3) is 3.32. The van der Waals surface area contributed by atoms with E-state index in [2.05, 4.69) is 5.32 Å². The van der Waals surface area contributed by atoms with Crippen LogP contribution in [0.5, 0.6) is 0 Å². The summed E-state index contributed by atoms with van der Waals surface area (Å²) in [5.41, 5.74) is 0.572. The topological polar surface area (TPSA) is 67.8 Å². The molecule has 1 aliphatic rings. The van der Waals surface area contributed by atoms with Crippen molar-refractivity contribution in [2.75, 3.05) is 7.11 Å². The predicted molar refractivity (Wildman–Crippen MR) is 69.7 cm³/mol. The van der Waals surface area contributed by atoms with Crippen LogP contribution in [0, 0.1) is 0 Å². The Hall–Kier alpha value is -1.43. The zero-order valence-corrected chi connectivity index (χ0v) is 11.1. The number of aliphatic hydroxyl groups excluding tert-OH is 1. The highest BCUT2D eigenvalue weighted by Gasteiger charge is 2.36. The Morgan fingerprint density at radius 3 is 2.74 bits per heavy atom. The lowest BCUT2D eigenvalue weighted by atomic mass is 9.99. The molecule has 0 saturated carbocycles. The molecule has 104 valence electrons. The van der Waals surface area contributed by atoms with E-state index in [1.807, 2.05) is 6.07 Å². The first kappa shape index (κ1) is 14.0. The quantitative estimate of drug-likeness (QED) is 0.853. The van der Waals surface area contributed by atoms with E-state index in [9.17, 15) is 9.90 Å². The lowest BCUT2D eigenvalue weighted by molar-refractivity contribution is -0.213. The first-order chi connectivity index (χ1) is 9.11. The molecule has 1 fully saturated rings. The number of rotatable bonds is 3. The fourth-order valence-electron chi connectivity index (χ4n) is 2.19. The molecule has 0 aromatic heterocycles.